The molecule has 24 heavy (non-hydrogen) atoms. The first kappa shape index (κ1) is 16.6. The molecule has 0 unspecified atom stereocenters. The van der Waals surface area contributed by atoms with Crippen LogP contribution < -0.4 is 0 Å². The minimum absolute atomic E-state index is 0.931. The van der Waals surface area contributed by atoms with E-state index < -0.39 is 0 Å². The van der Waals surface area contributed by atoms with Gasteiger partial charge in [0.1, 0.15) is 0 Å². The highest BCUT2D eigenvalue weighted by atomic mass is 15.2. The quantitative estimate of drug-likeness (QED) is 0.739. The van der Waals surface area contributed by atoms with E-state index in [9.17, 15) is 0 Å². The summed E-state index contributed by atoms with van der Waals surface area (Å²) in [6, 6.07) is 0.931. The summed E-state index contributed by atoms with van der Waals surface area (Å²) in [6.45, 7) is 6.46. The van der Waals surface area contributed by atoms with Gasteiger partial charge >= 0.3 is 0 Å². The molecular weight excluding hydrogens is 292 g/mol. The number of hydrogen-bond donors (Lipinski definition) is 0. The second kappa shape index (κ2) is 8.01. The van der Waals surface area contributed by atoms with Crippen LogP contribution in [0.15, 0.2) is 34.9 Å². The summed E-state index contributed by atoms with van der Waals surface area (Å²) in [5.41, 5.74) is 4.92. The van der Waals surface area contributed by atoms with E-state index in [4.69, 9.17) is 0 Å². The third-order valence-electron chi connectivity index (χ3n) is 6.56. The summed E-state index contributed by atoms with van der Waals surface area (Å²) in [7, 11) is 0. The molecule has 0 aromatic carbocycles. The summed E-state index contributed by atoms with van der Waals surface area (Å²) in [5.74, 6) is 0. The molecule has 2 aliphatic heterocycles. The molecule has 4 rings (SSSR count). The SMILES string of the molecule is C1=C(C=C2CCN(C3CCC3)CC2)CCC(CN2CCCCC2)=C1. The van der Waals surface area contributed by atoms with Crippen molar-refractivity contribution < 1.29 is 0 Å². The summed E-state index contributed by atoms with van der Waals surface area (Å²) in [4.78, 5) is 5.40. The first-order valence-corrected chi connectivity index (χ1v) is 10.4. The fourth-order valence-electron chi connectivity index (χ4n) is 4.69. The van der Waals surface area contributed by atoms with Gasteiger partial charge in [-0.2, -0.15) is 0 Å². The molecule has 0 spiro atoms. The molecule has 0 aromatic heterocycles. The van der Waals surface area contributed by atoms with Gasteiger partial charge in [0, 0.05) is 25.7 Å². The van der Waals surface area contributed by atoms with Gasteiger partial charge < -0.3 is 0 Å². The number of hydrogen-bond acceptors (Lipinski definition) is 2. The Hall–Kier alpha value is -0.860. The van der Waals surface area contributed by atoms with Crippen molar-refractivity contribution >= 4 is 0 Å². The van der Waals surface area contributed by atoms with E-state index in [-0.39, 0.29) is 0 Å². The van der Waals surface area contributed by atoms with Crippen LogP contribution >= 0.6 is 0 Å². The molecule has 0 amide bonds. The number of allylic oxidation sites excluding steroid dienone is 4. The van der Waals surface area contributed by atoms with Gasteiger partial charge in [0.15, 0.2) is 0 Å². The maximum atomic E-state index is 2.74. The number of rotatable bonds is 4. The molecular formula is C22H34N2. The average Bonchev–Trinajstić information content (AvgIpc) is 2.58. The molecule has 2 heteroatoms. The van der Waals surface area contributed by atoms with Crippen LogP contribution in [0.4, 0.5) is 0 Å². The molecule has 2 saturated heterocycles. The minimum Gasteiger partial charge on any atom is -0.300 e. The van der Waals surface area contributed by atoms with Gasteiger partial charge in [0.05, 0.1) is 0 Å². The molecule has 1 saturated carbocycles. The van der Waals surface area contributed by atoms with E-state index in [1.54, 1.807) is 16.7 Å². The van der Waals surface area contributed by atoms with Crippen LogP contribution in [-0.2, 0) is 0 Å². The third-order valence-corrected chi connectivity index (χ3v) is 6.56. The molecule has 2 nitrogen and oxygen atoms in total. The van der Waals surface area contributed by atoms with Crippen molar-refractivity contribution in [3.05, 3.63) is 34.9 Å². The van der Waals surface area contributed by atoms with Gasteiger partial charge in [-0.1, -0.05) is 42.2 Å². The maximum absolute atomic E-state index is 2.74. The summed E-state index contributed by atoms with van der Waals surface area (Å²) in [6.07, 6.45) is 21.1. The Morgan fingerprint density at radius 3 is 2.25 bits per heavy atom. The zero-order valence-electron chi connectivity index (χ0n) is 15.3. The normalized spacial score (nSPS) is 27.4. The van der Waals surface area contributed by atoms with E-state index in [2.05, 4.69) is 28.0 Å². The van der Waals surface area contributed by atoms with Gasteiger partial charge in [0.2, 0.25) is 0 Å². The van der Waals surface area contributed by atoms with Gasteiger partial charge in [0.25, 0.3) is 0 Å². The molecule has 0 bridgehead atoms. The molecule has 2 heterocycles. The Labute approximate surface area is 148 Å². The highest BCUT2D eigenvalue weighted by molar-refractivity contribution is 5.34. The van der Waals surface area contributed by atoms with Gasteiger partial charge in [-0.3, -0.25) is 9.80 Å². The van der Waals surface area contributed by atoms with Crippen LogP contribution in [0.25, 0.3) is 0 Å². The molecule has 0 aromatic rings. The zero-order valence-corrected chi connectivity index (χ0v) is 15.3. The average molecular weight is 327 g/mol. The van der Waals surface area contributed by atoms with E-state index in [1.165, 1.54) is 96.9 Å². The molecule has 0 atom stereocenters. The zero-order chi connectivity index (χ0) is 16.2. The Bertz CT molecular complexity index is 508. The Morgan fingerprint density at radius 1 is 0.833 bits per heavy atom. The van der Waals surface area contributed by atoms with Gasteiger partial charge in [-0.25, -0.2) is 0 Å². The number of likely N-dealkylation sites (tertiary alicyclic amines) is 2. The van der Waals surface area contributed by atoms with Crippen LogP contribution in [0.5, 0.6) is 0 Å². The fourth-order valence-corrected chi connectivity index (χ4v) is 4.69. The van der Waals surface area contributed by atoms with Crippen molar-refractivity contribution in [2.45, 2.75) is 70.3 Å². The lowest BCUT2D eigenvalue weighted by Crippen LogP contribution is -2.43. The lowest BCUT2D eigenvalue weighted by molar-refractivity contribution is 0.118. The lowest BCUT2D eigenvalue weighted by Gasteiger charge is -2.40. The van der Waals surface area contributed by atoms with Crippen LogP contribution in [0.3, 0.4) is 0 Å². The first-order chi connectivity index (χ1) is 11.9. The van der Waals surface area contributed by atoms with E-state index >= 15 is 0 Å². The molecule has 3 fully saturated rings. The predicted molar refractivity (Wildman–Crippen MR) is 102 cm³/mol. The van der Waals surface area contributed by atoms with E-state index in [1.807, 2.05) is 0 Å². The van der Waals surface area contributed by atoms with Crippen molar-refractivity contribution in [3.8, 4) is 0 Å². The maximum Gasteiger partial charge on any atom is 0.0196 e. The minimum atomic E-state index is 0.931. The summed E-state index contributed by atoms with van der Waals surface area (Å²) >= 11 is 0. The molecule has 0 radical (unpaired) electrons. The summed E-state index contributed by atoms with van der Waals surface area (Å²) < 4.78 is 0. The highest BCUT2D eigenvalue weighted by Crippen LogP contribution is 2.30. The Morgan fingerprint density at radius 2 is 1.62 bits per heavy atom. The van der Waals surface area contributed by atoms with Crippen LogP contribution in [0.2, 0.25) is 0 Å². The molecule has 4 aliphatic rings. The van der Waals surface area contributed by atoms with Gasteiger partial charge in [-0.05, 0) is 70.0 Å². The van der Waals surface area contributed by atoms with Crippen LogP contribution in [-0.4, -0.2) is 48.6 Å². The summed E-state index contributed by atoms with van der Waals surface area (Å²) in [5, 5.41) is 0. The van der Waals surface area contributed by atoms with Crippen LogP contribution in [0, 0.1) is 0 Å². The molecule has 2 aliphatic carbocycles. The Balaban J connectivity index is 1.27. The molecule has 0 N–H and O–H groups in total. The molecule has 132 valence electrons. The highest BCUT2D eigenvalue weighted by Gasteiger charge is 2.26. The topological polar surface area (TPSA) is 6.48 Å². The fraction of sp³-hybridized carbons (Fsp3) is 0.727. The van der Waals surface area contributed by atoms with Crippen molar-refractivity contribution in [1.82, 2.24) is 9.80 Å². The second-order valence-corrected chi connectivity index (χ2v) is 8.33. The van der Waals surface area contributed by atoms with Crippen molar-refractivity contribution in [3.63, 3.8) is 0 Å². The largest absolute Gasteiger partial charge is 0.300 e. The van der Waals surface area contributed by atoms with Crippen LogP contribution in [0.1, 0.15) is 64.2 Å². The third kappa shape index (κ3) is 4.21. The van der Waals surface area contributed by atoms with Crippen molar-refractivity contribution in [2.75, 3.05) is 32.7 Å². The Kier molecular flexibility index (Phi) is 5.54. The van der Waals surface area contributed by atoms with Crippen molar-refractivity contribution in [2.24, 2.45) is 0 Å². The second-order valence-electron chi connectivity index (χ2n) is 8.33. The predicted octanol–water partition coefficient (Wildman–Crippen LogP) is 4.69. The van der Waals surface area contributed by atoms with E-state index in [0.29, 0.717) is 0 Å². The first-order valence-electron chi connectivity index (χ1n) is 10.4. The smallest absolute Gasteiger partial charge is 0.0196 e. The number of nitrogens with zero attached hydrogens (tertiary/aromatic N) is 2. The lowest BCUT2D eigenvalue weighted by atomic mass is 9.88. The monoisotopic (exact) mass is 326 g/mol. The number of piperidine rings is 2. The van der Waals surface area contributed by atoms with E-state index in [0.717, 1.165) is 6.04 Å². The van der Waals surface area contributed by atoms with Gasteiger partial charge in [-0.15, -0.1) is 0 Å². The van der Waals surface area contributed by atoms with Crippen molar-refractivity contribution in [1.29, 1.82) is 0 Å². The standard InChI is InChI=1S/C22H34N2/c1-2-13-23(14-3-1)18-21-9-7-19(8-10-21)17-20-11-15-24(16-12-20)22-5-4-6-22/h7,9,17,22H,1-6,8,10-16,18H2.